The van der Waals surface area contributed by atoms with Gasteiger partial charge in [-0.3, -0.25) is 0 Å². The van der Waals surface area contributed by atoms with E-state index >= 15 is 0 Å². The molecule has 1 nitrogen and oxygen atoms in total. The quantitative estimate of drug-likeness (QED) is 0.601. The number of hydrogen-bond donors (Lipinski definition) is 0. The molecule has 55 valence electrons. The second-order valence-electron chi connectivity index (χ2n) is 2.54. The molecule has 0 N–H and O–H groups in total. The summed E-state index contributed by atoms with van der Waals surface area (Å²) >= 11 is 0. The molecule has 1 heterocycles. The maximum absolute atomic E-state index is 5.23. The zero-order valence-electron chi connectivity index (χ0n) is 6.21. The molecule has 0 spiro atoms. The Labute approximate surface area is 65.6 Å². The second kappa shape index (κ2) is 2.42. The molecule has 11 heavy (non-hydrogen) atoms. The molecule has 2 aromatic rings. The lowest BCUT2D eigenvalue weighted by Crippen LogP contribution is -1.76. The molecule has 0 amide bonds. The Bertz CT molecular complexity index is 360. The van der Waals surface area contributed by atoms with Gasteiger partial charge >= 0.3 is 0 Å². The minimum atomic E-state index is 0.816. The van der Waals surface area contributed by atoms with Gasteiger partial charge in [-0.1, -0.05) is 12.1 Å². The summed E-state index contributed by atoms with van der Waals surface area (Å²) in [5.74, 6) is 0. The van der Waals surface area contributed by atoms with Crippen molar-refractivity contribution in [2.75, 3.05) is 0 Å². The Balaban J connectivity index is 2.67. The molecule has 0 unspecified atom stereocenters. The van der Waals surface area contributed by atoms with E-state index in [1.165, 1.54) is 5.56 Å². The zero-order chi connectivity index (χ0) is 7.68. The summed E-state index contributed by atoms with van der Waals surface area (Å²) in [5, 5.41) is 1.15. The lowest BCUT2D eigenvalue weighted by Gasteiger charge is -1.93. The highest BCUT2D eigenvalue weighted by Gasteiger charge is 1.95. The highest BCUT2D eigenvalue weighted by Crippen LogP contribution is 2.16. The second-order valence-corrected chi connectivity index (χ2v) is 2.54. The van der Waals surface area contributed by atoms with E-state index < -0.39 is 0 Å². The summed E-state index contributed by atoms with van der Waals surface area (Å²) in [6, 6.07) is 8.12. The summed E-state index contributed by atoms with van der Waals surface area (Å²) in [6.07, 6.45) is 2.52. The molecule has 0 atom stereocenters. The molecule has 0 saturated carbocycles. The van der Waals surface area contributed by atoms with Crippen LogP contribution >= 0.6 is 0 Å². The standard InChI is InChI=1S/C10H9O/c1-2-8-3-4-9-5-6-11-10(9)7-8/h3-7H,1-2H2. The van der Waals surface area contributed by atoms with Crippen molar-refractivity contribution in [1.29, 1.82) is 0 Å². The van der Waals surface area contributed by atoms with Gasteiger partial charge in [0, 0.05) is 5.39 Å². The fourth-order valence-electron chi connectivity index (χ4n) is 1.15. The number of fused-ring (bicyclic) bond motifs is 1. The highest BCUT2D eigenvalue weighted by atomic mass is 16.3. The Morgan fingerprint density at radius 1 is 1.27 bits per heavy atom. The van der Waals surface area contributed by atoms with E-state index in [0.29, 0.717) is 0 Å². The van der Waals surface area contributed by atoms with Gasteiger partial charge in [-0.25, -0.2) is 0 Å². The molecule has 1 heteroatoms. The predicted octanol–water partition coefficient (Wildman–Crippen LogP) is 2.81. The molecule has 0 aliphatic carbocycles. The van der Waals surface area contributed by atoms with Gasteiger partial charge in [-0.15, -0.1) is 0 Å². The van der Waals surface area contributed by atoms with Crippen molar-refractivity contribution in [3.8, 4) is 0 Å². The van der Waals surface area contributed by atoms with Gasteiger partial charge in [0.1, 0.15) is 5.58 Å². The third-order valence-corrected chi connectivity index (χ3v) is 1.81. The van der Waals surface area contributed by atoms with Crippen LogP contribution < -0.4 is 0 Å². The van der Waals surface area contributed by atoms with Gasteiger partial charge in [0.2, 0.25) is 0 Å². The Morgan fingerprint density at radius 3 is 3.00 bits per heavy atom. The van der Waals surface area contributed by atoms with Crippen molar-refractivity contribution in [3.63, 3.8) is 0 Å². The van der Waals surface area contributed by atoms with E-state index in [1.54, 1.807) is 6.26 Å². The average molecular weight is 145 g/mol. The Morgan fingerprint density at radius 2 is 2.18 bits per heavy atom. The third kappa shape index (κ3) is 1.03. The van der Waals surface area contributed by atoms with Gasteiger partial charge in [0.05, 0.1) is 6.26 Å². The minimum Gasteiger partial charge on any atom is -0.464 e. The van der Waals surface area contributed by atoms with Crippen LogP contribution in [0.4, 0.5) is 0 Å². The van der Waals surface area contributed by atoms with Gasteiger partial charge in [0.15, 0.2) is 0 Å². The molecular formula is C10H9O. The molecule has 1 aromatic carbocycles. The monoisotopic (exact) mass is 145 g/mol. The van der Waals surface area contributed by atoms with E-state index in [1.807, 2.05) is 12.1 Å². The first-order valence-corrected chi connectivity index (χ1v) is 3.65. The summed E-state index contributed by atoms with van der Waals surface area (Å²) < 4.78 is 5.23. The first-order valence-electron chi connectivity index (χ1n) is 3.65. The van der Waals surface area contributed by atoms with Gasteiger partial charge in [-0.05, 0) is 31.0 Å². The normalized spacial score (nSPS) is 10.6. The predicted molar refractivity (Wildman–Crippen MR) is 45.3 cm³/mol. The molecular weight excluding hydrogens is 136 g/mol. The van der Waals surface area contributed by atoms with Crippen molar-refractivity contribution in [2.24, 2.45) is 0 Å². The molecule has 0 aliphatic heterocycles. The van der Waals surface area contributed by atoms with Crippen molar-refractivity contribution in [1.82, 2.24) is 0 Å². The first kappa shape index (κ1) is 6.47. The topological polar surface area (TPSA) is 13.1 Å². The van der Waals surface area contributed by atoms with Crippen LogP contribution in [0.15, 0.2) is 34.9 Å². The largest absolute Gasteiger partial charge is 0.464 e. The number of benzene rings is 1. The third-order valence-electron chi connectivity index (χ3n) is 1.81. The van der Waals surface area contributed by atoms with Crippen molar-refractivity contribution < 1.29 is 4.42 Å². The molecule has 0 bridgehead atoms. The smallest absolute Gasteiger partial charge is 0.134 e. The number of hydrogen-bond acceptors (Lipinski definition) is 1. The number of furan rings is 1. The van der Waals surface area contributed by atoms with E-state index in [0.717, 1.165) is 17.4 Å². The van der Waals surface area contributed by atoms with E-state index in [2.05, 4.69) is 19.1 Å². The summed E-state index contributed by atoms with van der Waals surface area (Å²) in [4.78, 5) is 0. The fourth-order valence-corrected chi connectivity index (χ4v) is 1.15. The fraction of sp³-hybridized carbons (Fsp3) is 0.100. The summed E-state index contributed by atoms with van der Waals surface area (Å²) in [7, 11) is 0. The first-order chi connectivity index (χ1) is 5.40. The maximum Gasteiger partial charge on any atom is 0.134 e. The highest BCUT2D eigenvalue weighted by molar-refractivity contribution is 5.77. The molecule has 0 saturated heterocycles. The lowest BCUT2D eigenvalue weighted by atomic mass is 10.1. The number of rotatable bonds is 1. The molecule has 0 fully saturated rings. The van der Waals surface area contributed by atoms with E-state index in [4.69, 9.17) is 4.42 Å². The molecule has 2 rings (SSSR count). The van der Waals surface area contributed by atoms with Crippen LogP contribution in [-0.4, -0.2) is 0 Å². The maximum atomic E-state index is 5.23. The zero-order valence-corrected chi connectivity index (χ0v) is 6.21. The average Bonchev–Trinajstić information content (AvgIpc) is 2.50. The van der Waals surface area contributed by atoms with Crippen LogP contribution in [-0.2, 0) is 6.42 Å². The van der Waals surface area contributed by atoms with E-state index in [-0.39, 0.29) is 0 Å². The van der Waals surface area contributed by atoms with Crippen molar-refractivity contribution in [3.05, 3.63) is 43.0 Å². The van der Waals surface area contributed by atoms with Crippen LogP contribution in [0.5, 0.6) is 0 Å². The Kier molecular flexibility index (Phi) is 1.42. The lowest BCUT2D eigenvalue weighted by molar-refractivity contribution is 0.615. The minimum absolute atomic E-state index is 0.816. The van der Waals surface area contributed by atoms with Crippen molar-refractivity contribution >= 4 is 11.0 Å². The van der Waals surface area contributed by atoms with Gasteiger partial charge in [-0.2, -0.15) is 0 Å². The van der Waals surface area contributed by atoms with Gasteiger partial charge in [0.25, 0.3) is 0 Å². The van der Waals surface area contributed by atoms with E-state index in [9.17, 15) is 0 Å². The SMILES string of the molecule is [CH2]Cc1ccc2ccoc2c1. The van der Waals surface area contributed by atoms with Crippen LogP contribution in [0.3, 0.4) is 0 Å². The summed E-state index contributed by atoms with van der Waals surface area (Å²) in [6.45, 7) is 3.81. The van der Waals surface area contributed by atoms with Crippen molar-refractivity contribution in [2.45, 2.75) is 6.42 Å². The Hall–Kier alpha value is -1.24. The van der Waals surface area contributed by atoms with Crippen LogP contribution in [0.2, 0.25) is 0 Å². The van der Waals surface area contributed by atoms with Crippen LogP contribution in [0.25, 0.3) is 11.0 Å². The van der Waals surface area contributed by atoms with Crippen LogP contribution in [0, 0.1) is 6.92 Å². The summed E-state index contributed by atoms with van der Waals surface area (Å²) in [5.41, 5.74) is 2.17. The van der Waals surface area contributed by atoms with Gasteiger partial charge < -0.3 is 4.42 Å². The molecule has 0 aliphatic rings. The molecule has 1 aromatic heterocycles. The van der Waals surface area contributed by atoms with Crippen LogP contribution in [0.1, 0.15) is 5.56 Å². The molecule has 1 radical (unpaired) electrons.